The predicted molar refractivity (Wildman–Crippen MR) is 95.8 cm³/mol. The average molecular weight is 441 g/mol. The molecule has 0 radical (unpaired) electrons. The maximum Gasteiger partial charge on any atom is 0.245 e. The van der Waals surface area contributed by atoms with E-state index in [0.717, 1.165) is 16.4 Å². The average Bonchev–Trinajstić information content (AvgIpc) is 2.62. The van der Waals surface area contributed by atoms with E-state index in [1.807, 2.05) is 5.32 Å². The molecule has 0 atom stereocenters. The van der Waals surface area contributed by atoms with Crippen LogP contribution >= 0.6 is 23.2 Å². The second kappa shape index (κ2) is 8.47. The second-order valence-electron chi connectivity index (χ2n) is 5.28. The number of likely N-dealkylation sites (N-methyl/N-ethyl adjacent to an activating group) is 1. The van der Waals surface area contributed by atoms with Gasteiger partial charge in [-0.15, -0.1) is 0 Å². The molecular weight excluding hydrogens is 428 g/mol. The lowest BCUT2D eigenvalue weighted by atomic mass is 10.2. The van der Waals surface area contributed by atoms with Crippen LogP contribution in [0.5, 0.6) is 0 Å². The molecule has 5 nitrogen and oxygen atoms in total. The van der Waals surface area contributed by atoms with Gasteiger partial charge in [0, 0.05) is 11.6 Å². The second-order valence-corrected chi connectivity index (χ2v) is 8.03. The van der Waals surface area contributed by atoms with Crippen molar-refractivity contribution in [2.24, 2.45) is 0 Å². The molecule has 0 unspecified atom stereocenters. The van der Waals surface area contributed by atoms with Crippen LogP contribution in [0.3, 0.4) is 0 Å². The molecule has 2 aromatic carbocycles. The minimum atomic E-state index is -4.19. The van der Waals surface area contributed by atoms with E-state index in [9.17, 15) is 26.4 Å². The summed E-state index contributed by atoms with van der Waals surface area (Å²) >= 11 is 11.7. The number of anilines is 1. The molecule has 0 spiro atoms. The van der Waals surface area contributed by atoms with Crippen LogP contribution in [0.15, 0.2) is 35.2 Å². The van der Waals surface area contributed by atoms with E-state index in [-0.39, 0.29) is 21.5 Å². The van der Waals surface area contributed by atoms with Crippen LogP contribution in [-0.4, -0.2) is 31.7 Å². The summed E-state index contributed by atoms with van der Waals surface area (Å²) in [5.74, 6) is -5.71. The standard InChI is InChI=1S/C16H13Cl2F3N2O3S/c1-2-23(27(25,26)13-7-9(17)3-4-10(13)18)8-14(24)22-12-6-5-11(19)15(20)16(12)21/h3-7H,2,8H2,1H3,(H,22,24). The molecule has 2 rings (SSSR count). The first-order valence-corrected chi connectivity index (χ1v) is 9.66. The topological polar surface area (TPSA) is 66.5 Å². The predicted octanol–water partition coefficient (Wildman–Crippen LogP) is 4.06. The molecule has 0 aromatic heterocycles. The van der Waals surface area contributed by atoms with Gasteiger partial charge >= 0.3 is 0 Å². The van der Waals surface area contributed by atoms with Crippen LogP contribution < -0.4 is 5.32 Å². The summed E-state index contributed by atoms with van der Waals surface area (Å²) in [6.45, 7) is 0.653. The van der Waals surface area contributed by atoms with Gasteiger partial charge in [0.25, 0.3) is 0 Å². The molecule has 27 heavy (non-hydrogen) atoms. The molecule has 11 heteroatoms. The number of nitrogens with one attached hydrogen (secondary N) is 1. The maximum atomic E-state index is 13.6. The van der Waals surface area contributed by atoms with Crippen LogP contribution in [0.2, 0.25) is 10.0 Å². The summed E-state index contributed by atoms with van der Waals surface area (Å²) in [6, 6.07) is 5.28. The van der Waals surface area contributed by atoms with Crippen LogP contribution in [0, 0.1) is 17.5 Å². The van der Waals surface area contributed by atoms with E-state index in [4.69, 9.17) is 23.2 Å². The SMILES string of the molecule is CCN(CC(=O)Nc1ccc(F)c(F)c1F)S(=O)(=O)c1cc(Cl)ccc1Cl. The smallest absolute Gasteiger partial charge is 0.245 e. The maximum absolute atomic E-state index is 13.6. The summed E-state index contributed by atoms with van der Waals surface area (Å²) in [6.07, 6.45) is 0. The van der Waals surface area contributed by atoms with Crippen LogP contribution in [0.4, 0.5) is 18.9 Å². The number of carbonyl (C=O) groups is 1. The van der Waals surface area contributed by atoms with Crippen molar-refractivity contribution in [3.8, 4) is 0 Å². The van der Waals surface area contributed by atoms with Gasteiger partial charge in [0.15, 0.2) is 17.5 Å². The Morgan fingerprint density at radius 2 is 1.78 bits per heavy atom. The third-order valence-electron chi connectivity index (χ3n) is 3.49. The van der Waals surface area contributed by atoms with Crippen molar-refractivity contribution in [1.29, 1.82) is 0 Å². The molecule has 1 amide bonds. The molecule has 0 saturated heterocycles. The van der Waals surface area contributed by atoms with Crippen molar-refractivity contribution >= 4 is 44.8 Å². The molecule has 0 aliphatic rings. The minimum absolute atomic E-state index is 0.0927. The molecule has 2 aromatic rings. The van der Waals surface area contributed by atoms with Gasteiger partial charge in [0.2, 0.25) is 15.9 Å². The third kappa shape index (κ3) is 4.73. The summed E-state index contributed by atoms with van der Waals surface area (Å²) in [5, 5.41) is 2.04. The summed E-state index contributed by atoms with van der Waals surface area (Å²) in [4.78, 5) is 11.8. The Labute approximate surface area is 163 Å². The molecule has 0 aliphatic heterocycles. The van der Waals surface area contributed by atoms with Crippen molar-refractivity contribution in [2.45, 2.75) is 11.8 Å². The van der Waals surface area contributed by atoms with Crippen molar-refractivity contribution in [3.05, 3.63) is 57.8 Å². The Balaban J connectivity index is 2.25. The van der Waals surface area contributed by atoms with Gasteiger partial charge in [0.05, 0.1) is 17.3 Å². The number of sulfonamides is 1. The van der Waals surface area contributed by atoms with Crippen LogP contribution in [0.1, 0.15) is 6.92 Å². The van der Waals surface area contributed by atoms with Gasteiger partial charge in [-0.25, -0.2) is 21.6 Å². The van der Waals surface area contributed by atoms with E-state index >= 15 is 0 Å². The lowest BCUT2D eigenvalue weighted by Gasteiger charge is -2.21. The Hall–Kier alpha value is -1.81. The van der Waals surface area contributed by atoms with E-state index in [2.05, 4.69) is 0 Å². The van der Waals surface area contributed by atoms with Gasteiger partial charge in [-0.05, 0) is 30.3 Å². The number of amides is 1. The molecule has 0 aliphatic carbocycles. The fraction of sp³-hybridized carbons (Fsp3) is 0.188. The lowest BCUT2D eigenvalue weighted by molar-refractivity contribution is -0.116. The molecule has 0 bridgehead atoms. The summed E-state index contributed by atoms with van der Waals surface area (Å²) in [5.41, 5.74) is -0.617. The molecule has 146 valence electrons. The number of nitrogens with zero attached hydrogens (tertiary/aromatic N) is 1. The van der Waals surface area contributed by atoms with Crippen LogP contribution in [-0.2, 0) is 14.8 Å². The molecular formula is C16H13Cl2F3N2O3S. The van der Waals surface area contributed by atoms with E-state index in [0.29, 0.717) is 6.07 Å². The zero-order valence-corrected chi connectivity index (χ0v) is 16.1. The first kappa shape index (κ1) is 21.5. The number of hydrogen-bond donors (Lipinski definition) is 1. The highest BCUT2D eigenvalue weighted by atomic mass is 35.5. The van der Waals surface area contributed by atoms with Crippen molar-refractivity contribution in [2.75, 3.05) is 18.4 Å². The zero-order chi connectivity index (χ0) is 20.4. The van der Waals surface area contributed by atoms with Crippen LogP contribution in [0.25, 0.3) is 0 Å². The van der Waals surface area contributed by atoms with Crippen molar-refractivity contribution < 1.29 is 26.4 Å². The van der Waals surface area contributed by atoms with Crippen molar-refractivity contribution in [3.63, 3.8) is 0 Å². The minimum Gasteiger partial charge on any atom is -0.322 e. The van der Waals surface area contributed by atoms with E-state index in [1.54, 1.807) is 0 Å². The van der Waals surface area contributed by atoms with E-state index < -0.39 is 45.6 Å². The highest BCUT2D eigenvalue weighted by molar-refractivity contribution is 7.89. The highest BCUT2D eigenvalue weighted by Crippen LogP contribution is 2.28. The summed E-state index contributed by atoms with van der Waals surface area (Å²) < 4.78 is 66.0. The Morgan fingerprint density at radius 3 is 2.41 bits per heavy atom. The monoisotopic (exact) mass is 440 g/mol. The van der Waals surface area contributed by atoms with Gasteiger partial charge in [0.1, 0.15) is 4.90 Å². The lowest BCUT2D eigenvalue weighted by Crippen LogP contribution is -2.38. The normalized spacial score (nSPS) is 11.7. The van der Waals surface area contributed by atoms with Gasteiger partial charge in [-0.1, -0.05) is 30.1 Å². The number of halogens is 5. The molecule has 0 saturated carbocycles. The summed E-state index contributed by atoms with van der Waals surface area (Å²) in [7, 11) is -4.19. The third-order valence-corrected chi connectivity index (χ3v) is 6.13. The Kier molecular flexibility index (Phi) is 6.74. The van der Waals surface area contributed by atoms with Gasteiger partial charge in [-0.2, -0.15) is 4.31 Å². The van der Waals surface area contributed by atoms with Gasteiger partial charge in [-0.3, -0.25) is 4.79 Å². The molecule has 1 N–H and O–H groups in total. The quantitative estimate of drug-likeness (QED) is 0.688. The van der Waals surface area contributed by atoms with Crippen molar-refractivity contribution in [1.82, 2.24) is 4.31 Å². The number of benzene rings is 2. The highest BCUT2D eigenvalue weighted by Gasteiger charge is 2.28. The largest absolute Gasteiger partial charge is 0.322 e. The fourth-order valence-electron chi connectivity index (χ4n) is 2.15. The first-order valence-electron chi connectivity index (χ1n) is 7.46. The number of rotatable bonds is 6. The fourth-order valence-corrected chi connectivity index (χ4v) is 4.30. The zero-order valence-electron chi connectivity index (χ0n) is 13.8. The van der Waals surface area contributed by atoms with E-state index in [1.165, 1.54) is 19.1 Å². The van der Waals surface area contributed by atoms with Gasteiger partial charge < -0.3 is 5.32 Å². The number of carbonyl (C=O) groups excluding carboxylic acids is 1. The Bertz CT molecular complexity index is 987. The molecule has 0 fully saturated rings. The molecule has 0 heterocycles. The number of hydrogen-bond acceptors (Lipinski definition) is 3. The first-order chi connectivity index (χ1) is 12.6. The Morgan fingerprint density at radius 1 is 1.11 bits per heavy atom.